The monoisotopic (exact) mass is 312 g/mol. The summed E-state index contributed by atoms with van der Waals surface area (Å²) in [5.74, 6) is 0. The maximum Gasteiger partial charge on any atom is 0.245 e. The van der Waals surface area contributed by atoms with Crippen molar-refractivity contribution in [2.75, 3.05) is 25.0 Å². The maximum absolute atomic E-state index is 13.0. The van der Waals surface area contributed by atoms with Crippen LogP contribution >= 0.6 is 0 Å². The van der Waals surface area contributed by atoms with Crippen molar-refractivity contribution < 1.29 is 13.5 Å². The van der Waals surface area contributed by atoms with Crippen LogP contribution in [0.5, 0.6) is 0 Å². The molecule has 1 aliphatic carbocycles. The molecule has 0 spiro atoms. The van der Waals surface area contributed by atoms with Gasteiger partial charge in [-0.05, 0) is 38.3 Å². The summed E-state index contributed by atoms with van der Waals surface area (Å²) in [5, 5.41) is 12.1. The number of hydrogen-bond acceptors (Lipinski definition) is 4. The number of anilines is 1. The predicted octanol–water partition coefficient (Wildman–Crippen LogP) is 2.04. The van der Waals surface area contributed by atoms with Crippen LogP contribution in [0.25, 0.3) is 0 Å². The van der Waals surface area contributed by atoms with Gasteiger partial charge in [-0.3, -0.25) is 0 Å². The lowest BCUT2D eigenvalue weighted by atomic mass is 9.93. The molecule has 0 bridgehead atoms. The van der Waals surface area contributed by atoms with Gasteiger partial charge in [0.15, 0.2) is 0 Å². The second-order valence-corrected chi connectivity index (χ2v) is 7.16. The van der Waals surface area contributed by atoms with Crippen LogP contribution in [0.3, 0.4) is 0 Å². The fourth-order valence-corrected chi connectivity index (χ4v) is 4.45. The highest BCUT2D eigenvalue weighted by Gasteiger charge is 2.35. The van der Waals surface area contributed by atoms with Gasteiger partial charge in [0.05, 0.1) is 5.69 Å². The third-order valence-corrected chi connectivity index (χ3v) is 5.87. The van der Waals surface area contributed by atoms with Crippen LogP contribution in [0.1, 0.15) is 32.6 Å². The Morgan fingerprint density at radius 1 is 1.33 bits per heavy atom. The van der Waals surface area contributed by atoms with E-state index in [1.54, 1.807) is 22.5 Å². The summed E-state index contributed by atoms with van der Waals surface area (Å²) in [6.45, 7) is 3.00. The van der Waals surface area contributed by atoms with Gasteiger partial charge in [0.1, 0.15) is 4.90 Å². The van der Waals surface area contributed by atoms with Crippen molar-refractivity contribution in [2.45, 2.75) is 43.5 Å². The summed E-state index contributed by atoms with van der Waals surface area (Å²) in [7, 11) is -3.53. The van der Waals surface area contributed by atoms with Crippen molar-refractivity contribution in [2.24, 2.45) is 0 Å². The molecule has 0 amide bonds. The van der Waals surface area contributed by atoms with E-state index in [1.165, 1.54) is 0 Å². The molecule has 5 nitrogen and oxygen atoms in total. The fraction of sp³-hybridized carbons (Fsp3) is 0.600. The third kappa shape index (κ3) is 3.56. The topological polar surface area (TPSA) is 69.6 Å². The first-order valence-electron chi connectivity index (χ1n) is 7.57. The molecule has 0 heterocycles. The first kappa shape index (κ1) is 16.3. The van der Waals surface area contributed by atoms with Gasteiger partial charge in [-0.25, -0.2) is 8.42 Å². The molecule has 0 atom stereocenters. The van der Waals surface area contributed by atoms with E-state index >= 15 is 0 Å². The minimum absolute atomic E-state index is 0.00754. The maximum atomic E-state index is 13.0. The summed E-state index contributed by atoms with van der Waals surface area (Å²) in [4.78, 5) is 0.330. The summed E-state index contributed by atoms with van der Waals surface area (Å²) in [6.07, 6.45) is 3.37. The highest BCUT2D eigenvalue weighted by Crippen LogP contribution is 2.32. The van der Waals surface area contributed by atoms with Gasteiger partial charge in [-0.1, -0.05) is 18.6 Å². The first-order chi connectivity index (χ1) is 10.1. The third-order valence-electron chi connectivity index (χ3n) is 3.86. The van der Waals surface area contributed by atoms with E-state index in [0.29, 0.717) is 30.1 Å². The molecule has 2 N–H and O–H groups in total. The summed E-state index contributed by atoms with van der Waals surface area (Å²) >= 11 is 0. The van der Waals surface area contributed by atoms with Crippen molar-refractivity contribution in [1.29, 1.82) is 0 Å². The molecule has 1 aromatic carbocycles. The molecule has 21 heavy (non-hydrogen) atoms. The van der Waals surface area contributed by atoms with Crippen LogP contribution in [0.4, 0.5) is 5.69 Å². The van der Waals surface area contributed by atoms with Crippen molar-refractivity contribution >= 4 is 15.7 Å². The molecule has 2 rings (SSSR count). The zero-order valence-electron chi connectivity index (χ0n) is 12.5. The molecule has 1 aliphatic rings. The number of hydrogen-bond donors (Lipinski definition) is 2. The van der Waals surface area contributed by atoms with Crippen LogP contribution in [0, 0.1) is 0 Å². The molecular weight excluding hydrogens is 288 g/mol. The van der Waals surface area contributed by atoms with Crippen LogP contribution in [0.15, 0.2) is 29.2 Å². The number of aliphatic hydroxyl groups is 1. The quantitative estimate of drug-likeness (QED) is 0.771. The molecule has 0 unspecified atom stereocenters. The normalized spacial score (nSPS) is 16.0. The van der Waals surface area contributed by atoms with E-state index in [2.05, 4.69) is 5.32 Å². The Bertz CT molecular complexity index is 556. The highest BCUT2D eigenvalue weighted by molar-refractivity contribution is 7.89. The average molecular weight is 312 g/mol. The molecule has 1 aromatic rings. The Morgan fingerprint density at radius 3 is 2.62 bits per heavy atom. The minimum Gasteiger partial charge on any atom is -0.396 e. The Hall–Kier alpha value is -1.11. The average Bonchev–Trinajstić information content (AvgIpc) is 2.42. The van der Waals surface area contributed by atoms with Gasteiger partial charge in [0.25, 0.3) is 0 Å². The first-order valence-corrected chi connectivity index (χ1v) is 9.01. The van der Waals surface area contributed by atoms with Gasteiger partial charge < -0.3 is 10.4 Å². The Labute approximate surface area is 127 Å². The smallest absolute Gasteiger partial charge is 0.245 e. The molecule has 1 saturated carbocycles. The Morgan fingerprint density at radius 2 is 2.05 bits per heavy atom. The lowest BCUT2D eigenvalue weighted by Gasteiger charge is -2.36. The Kier molecular flexibility index (Phi) is 5.61. The van der Waals surface area contributed by atoms with Gasteiger partial charge in [-0.2, -0.15) is 4.31 Å². The summed E-state index contributed by atoms with van der Waals surface area (Å²) < 4.78 is 27.5. The van der Waals surface area contributed by atoms with E-state index in [0.717, 1.165) is 19.3 Å². The van der Waals surface area contributed by atoms with E-state index in [1.807, 2.05) is 13.0 Å². The van der Waals surface area contributed by atoms with E-state index in [9.17, 15) is 8.42 Å². The molecule has 0 aromatic heterocycles. The second-order valence-electron chi connectivity index (χ2n) is 5.30. The molecule has 6 heteroatoms. The lowest BCUT2D eigenvalue weighted by Crippen LogP contribution is -2.45. The van der Waals surface area contributed by atoms with E-state index < -0.39 is 10.0 Å². The second kappa shape index (κ2) is 7.24. The van der Waals surface area contributed by atoms with Gasteiger partial charge >= 0.3 is 0 Å². The van der Waals surface area contributed by atoms with Crippen LogP contribution in [-0.2, 0) is 10.0 Å². The number of benzene rings is 1. The lowest BCUT2D eigenvalue weighted by molar-refractivity contribution is 0.198. The summed E-state index contributed by atoms with van der Waals surface area (Å²) in [5.41, 5.74) is 0.647. The molecule has 0 aliphatic heterocycles. The predicted molar refractivity (Wildman–Crippen MR) is 83.8 cm³/mol. The largest absolute Gasteiger partial charge is 0.396 e. The molecule has 0 radical (unpaired) electrons. The van der Waals surface area contributed by atoms with E-state index in [4.69, 9.17) is 5.11 Å². The van der Waals surface area contributed by atoms with Crippen LogP contribution < -0.4 is 5.32 Å². The van der Waals surface area contributed by atoms with Gasteiger partial charge in [0.2, 0.25) is 10.0 Å². The van der Waals surface area contributed by atoms with Crippen molar-refractivity contribution in [3.8, 4) is 0 Å². The number of nitrogens with zero attached hydrogens (tertiary/aromatic N) is 1. The van der Waals surface area contributed by atoms with Crippen molar-refractivity contribution in [3.05, 3.63) is 24.3 Å². The van der Waals surface area contributed by atoms with Gasteiger partial charge in [0, 0.05) is 25.7 Å². The number of aliphatic hydroxyl groups excluding tert-OH is 1. The Balaban J connectivity index is 2.33. The number of nitrogens with one attached hydrogen (secondary N) is 1. The summed E-state index contributed by atoms with van der Waals surface area (Å²) in [6, 6.07) is 7.10. The highest BCUT2D eigenvalue weighted by atomic mass is 32.2. The number of para-hydroxylation sites is 1. The minimum atomic E-state index is -3.53. The molecule has 0 saturated heterocycles. The molecular formula is C15H24N2O3S. The van der Waals surface area contributed by atoms with Crippen LogP contribution in [0.2, 0.25) is 0 Å². The number of rotatable bonds is 8. The SMILES string of the molecule is CCNc1ccccc1S(=O)(=O)N(CCCO)C1CCC1. The standard InChI is InChI=1S/C15H24N2O3S/c1-2-16-14-9-3-4-10-15(14)21(19,20)17(11-6-12-18)13-7-5-8-13/h3-4,9-10,13,16,18H,2,5-8,11-12H2,1H3. The zero-order valence-corrected chi connectivity index (χ0v) is 13.3. The van der Waals surface area contributed by atoms with Crippen LogP contribution in [-0.4, -0.2) is 43.6 Å². The fourth-order valence-electron chi connectivity index (χ4n) is 2.55. The number of sulfonamides is 1. The zero-order chi connectivity index (χ0) is 15.3. The van der Waals surface area contributed by atoms with E-state index in [-0.39, 0.29) is 12.6 Å². The molecule has 1 fully saturated rings. The molecule has 118 valence electrons. The van der Waals surface area contributed by atoms with Gasteiger partial charge in [-0.15, -0.1) is 0 Å². The van der Waals surface area contributed by atoms with Crippen molar-refractivity contribution in [3.63, 3.8) is 0 Å². The van der Waals surface area contributed by atoms with Crippen molar-refractivity contribution in [1.82, 2.24) is 4.31 Å².